The second kappa shape index (κ2) is 8.76. The van der Waals surface area contributed by atoms with Crippen LogP contribution in [0.5, 0.6) is 0 Å². The summed E-state index contributed by atoms with van der Waals surface area (Å²) >= 11 is 1.99. The second-order valence-electron chi connectivity index (χ2n) is 5.24. The van der Waals surface area contributed by atoms with Crippen LogP contribution in [0.1, 0.15) is 30.4 Å². The van der Waals surface area contributed by atoms with Crippen molar-refractivity contribution in [3.05, 3.63) is 35.4 Å². The van der Waals surface area contributed by atoms with Crippen LogP contribution in [-0.2, 0) is 11.3 Å². The van der Waals surface area contributed by atoms with Crippen molar-refractivity contribution in [1.29, 1.82) is 0 Å². The Balaban J connectivity index is 1.80. The molecule has 1 aromatic carbocycles. The molecular formula is C17H22N2OS. The van der Waals surface area contributed by atoms with E-state index < -0.39 is 0 Å². The van der Waals surface area contributed by atoms with E-state index in [9.17, 15) is 4.79 Å². The first-order valence-electron chi connectivity index (χ1n) is 7.40. The van der Waals surface area contributed by atoms with Crippen molar-refractivity contribution in [3.63, 3.8) is 0 Å². The van der Waals surface area contributed by atoms with E-state index in [1.807, 2.05) is 36.0 Å². The van der Waals surface area contributed by atoms with Crippen LogP contribution in [0.3, 0.4) is 0 Å². The van der Waals surface area contributed by atoms with Gasteiger partial charge >= 0.3 is 0 Å². The Hall–Kier alpha value is -1.44. The summed E-state index contributed by atoms with van der Waals surface area (Å²) in [6, 6.07) is 7.92. The Morgan fingerprint density at radius 1 is 1.38 bits per heavy atom. The fourth-order valence-corrected chi connectivity index (χ4v) is 3.60. The van der Waals surface area contributed by atoms with Crippen molar-refractivity contribution >= 4 is 17.7 Å². The molecule has 1 aromatic rings. The number of hydrogen-bond acceptors (Lipinski definition) is 3. The number of benzene rings is 1. The Labute approximate surface area is 131 Å². The Morgan fingerprint density at radius 2 is 2.19 bits per heavy atom. The Bertz CT molecular complexity index is 527. The lowest BCUT2D eigenvalue weighted by Crippen LogP contribution is -2.26. The highest BCUT2D eigenvalue weighted by molar-refractivity contribution is 7.99. The molecule has 21 heavy (non-hydrogen) atoms. The number of amides is 1. The molecule has 3 nitrogen and oxygen atoms in total. The molecule has 1 fully saturated rings. The van der Waals surface area contributed by atoms with Crippen LogP contribution in [-0.4, -0.2) is 24.0 Å². The fraction of sp³-hybridized carbons (Fsp3) is 0.471. The minimum absolute atomic E-state index is 0.158. The molecule has 0 saturated carbocycles. The van der Waals surface area contributed by atoms with Gasteiger partial charge in [-0.2, -0.15) is 11.8 Å². The molecule has 0 unspecified atom stereocenters. The number of thioether (sulfide) groups is 1. The van der Waals surface area contributed by atoms with Gasteiger partial charge in [0.25, 0.3) is 0 Å². The first kappa shape index (κ1) is 15.9. The number of carbonyl (C=O) groups is 1. The lowest BCUT2D eigenvalue weighted by Gasteiger charge is -2.20. The van der Waals surface area contributed by atoms with Gasteiger partial charge in [-0.1, -0.05) is 24.0 Å². The number of nitrogens with one attached hydrogen (secondary N) is 1. The van der Waals surface area contributed by atoms with Gasteiger partial charge < -0.3 is 11.1 Å². The topological polar surface area (TPSA) is 55.1 Å². The molecule has 4 heteroatoms. The summed E-state index contributed by atoms with van der Waals surface area (Å²) < 4.78 is 0. The van der Waals surface area contributed by atoms with Gasteiger partial charge in [-0.25, -0.2) is 0 Å². The standard InChI is InChI=1S/C17H22N2OS/c18-8-2-5-14-3-1-4-16(11-14)13-19-17(20)12-15-6-9-21-10-7-15/h1,3-4,11,15H,6-10,12-13,18H2,(H,19,20). The van der Waals surface area contributed by atoms with Crippen molar-refractivity contribution in [2.75, 3.05) is 18.1 Å². The maximum atomic E-state index is 12.0. The molecule has 1 aliphatic rings. The molecule has 0 atom stereocenters. The van der Waals surface area contributed by atoms with Gasteiger partial charge in [-0.15, -0.1) is 0 Å². The summed E-state index contributed by atoms with van der Waals surface area (Å²) in [5.74, 6) is 8.96. The smallest absolute Gasteiger partial charge is 0.220 e. The van der Waals surface area contributed by atoms with Gasteiger partial charge in [0.1, 0.15) is 0 Å². The van der Waals surface area contributed by atoms with Crippen LogP contribution in [0.15, 0.2) is 24.3 Å². The minimum Gasteiger partial charge on any atom is -0.352 e. The predicted molar refractivity (Wildman–Crippen MR) is 88.9 cm³/mol. The van der Waals surface area contributed by atoms with Gasteiger partial charge in [0.05, 0.1) is 6.54 Å². The quantitative estimate of drug-likeness (QED) is 0.838. The third-order valence-electron chi connectivity index (χ3n) is 3.57. The van der Waals surface area contributed by atoms with Crippen LogP contribution >= 0.6 is 11.8 Å². The van der Waals surface area contributed by atoms with Gasteiger partial charge in [-0.3, -0.25) is 4.79 Å². The molecule has 1 aliphatic heterocycles. The molecule has 3 N–H and O–H groups in total. The summed E-state index contributed by atoms with van der Waals surface area (Å²) in [5, 5.41) is 3.01. The normalized spacial score (nSPS) is 15.1. The van der Waals surface area contributed by atoms with E-state index in [0.717, 1.165) is 11.1 Å². The SMILES string of the molecule is NCC#Cc1cccc(CNC(=O)CC2CCSCC2)c1. The zero-order valence-corrected chi connectivity index (χ0v) is 13.0. The monoisotopic (exact) mass is 302 g/mol. The van der Waals surface area contributed by atoms with Crippen LogP contribution in [0, 0.1) is 17.8 Å². The average Bonchev–Trinajstić information content (AvgIpc) is 2.52. The van der Waals surface area contributed by atoms with E-state index in [4.69, 9.17) is 5.73 Å². The third-order valence-corrected chi connectivity index (χ3v) is 4.62. The van der Waals surface area contributed by atoms with Crippen molar-refractivity contribution in [1.82, 2.24) is 5.32 Å². The summed E-state index contributed by atoms with van der Waals surface area (Å²) in [6.07, 6.45) is 3.00. The predicted octanol–water partition coefficient (Wildman–Crippen LogP) is 2.15. The first-order valence-corrected chi connectivity index (χ1v) is 8.55. The van der Waals surface area contributed by atoms with Crippen molar-refractivity contribution in [2.24, 2.45) is 11.7 Å². The highest BCUT2D eigenvalue weighted by Gasteiger charge is 2.16. The van der Waals surface area contributed by atoms with Crippen molar-refractivity contribution in [2.45, 2.75) is 25.8 Å². The third kappa shape index (κ3) is 5.82. The van der Waals surface area contributed by atoms with E-state index in [-0.39, 0.29) is 5.91 Å². The Kier molecular flexibility index (Phi) is 6.65. The largest absolute Gasteiger partial charge is 0.352 e. The van der Waals surface area contributed by atoms with Gasteiger partial charge in [0.2, 0.25) is 5.91 Å². The minimum atomic E-state index is 0.158. The highest BCUT2D eigenvalue weighted by atomic mass is 32.2. The summed E-state index contributed by atoms with van der Waals surface area (Å²) in [6.45, 7) is 0.930. The molecule has 0 radical (unpaired) electrons. The lowest BCUT2D eigenvalue weighted by atomic mass is 9.98. The molecule has 1 heterocycles. The van der Waals surface area contributed by atoms with Crippen molar-refractivity contribution < 1.29 is 4.79 Å². The first-order chi connectivity index (χ1) is 10.3. The van der Waals surface area contributed by atoms with Gasteiger partial charge in [-0.05, 0) is 48.0 Å². The molecule has 1 amide bonds. The zero-order chi connectivity index (χ0) is 14.9. The fourth-order valence-electron chi connectivity index (χ4n) is 2.40. The molecule has 0 bridgehead atoms. The number of nitrogens with two attached hydrogens (primary N) is 1. The second-order valence-corrected chi connectivity index (χ2v) is 6.47. The number of carbonyl (C=O) groups excluding carboxylic acids is 1. The van der Waals surface area contributed by atoms with E-state index >= 15 is 0 Å². The van der Waals surface area contributed by atoms with Crippen LogP contribution < -0.4 is 11.1 Å². The Morgan fingerprint density at radius 3 is 2.95 bits per heavy atom. The summed E-state index contributed by atoms with van der Waals surface area (Å²) in [5.41, 5.74) is 7.39. The molecule has 2 rings (SSSR count). The molecule has 1 saturated heterocycles. The van der Waals surface area contributed by atoms with E-state index in [1.54, 1.807) is 0 Å². The lowest BCUT2D eigenvalue weighted by molar-refractivity contribution is -0.122. The summed E-state index contributed by atoms with van der Waals surface area (Å²) in [7, 11) is 0. The average molecular weight is 302 g/mol. The van der Waals surface area contributed by atoms with Gasteiger partial charge in [0, 0.05) is 18.5 Å². The van der Waals surface area contributed by atoms with Gasteiger partial charge in [0.15, 0.2) is 0 Å². The van der Waals surface area contributed by atoms with Crippen LogP contribution in [0.25, 0.3) is 0 Å². The molecule has 112 valence electrons. The maximum absolute atomic E-state index is 12.0. The molecular weight excluding hydrogens is 280 g/mol. The number of hydrogen-bond donors (Lipinski definition) is 2. The van der Waals surface area contributed by atoms with Crippen molar-refractivity contribution in [3.8, 4) is 11.8 Å². The molecule has 0 spiro atoms. The molecule has 0 aromatic heterocycles. The maximum Gasteiger partial charge on any atom is 0.220 e. The zero-order valence-electron chi connectivity index (χ0n) is 12.2. The van der Waals surface area contributed by atoms with Crippen LogP contribution in [0.4, 0.5) is 0 Å². The number of rotatable bonds is 4. The van der Waals surface area contributed by atoms with E-state index in [0.29, 0.717) is 25.4 Å². The van der Waals surface area contributed by atoms with Crippen LogP contribution in [0.2, 0.25) is 0 Å². The molecule has 0 aliphatic carbocycles. The van der Waals surface area contributed by atoms with E-state index in [2.05, 4.69) is 17.2 Å². The van der Waals surface area contributed by atoms with E-state index in [1.165, 1.54) is 24.3 Å². The highest BCUT2D eigenvalue weighted by Crippen LogP contribution is 2.25. The summed E-state index contributed by atoms with van der Waals surface area (Å²) in [4.78, 5) is 12.0.